The van der Waals surface area contributed by atoms with Gasteiger partial charge in [0.05, 0.1) is 11.0 Å². The van der Waals surface area contributed by atoms with Crippen LogP contribution >= 0.6 is 11.6 Å². The second-order valence-corrected chi connectivity index (χ2v) is 7.86. The predicted octanol–water partition coefficient (Wildman–Crippen LogP) is 3.61. The second kappa shape index (κ2) is 4.47. The first kappa shape index (κ1) is 13.6. The monoisotopic (exact) mass is 305 g/mol. The maximum atomic E-state index is 12.8. The molecule has 4 aliphatic rings. The fourth-order valence-corrected chi connectivity index (χ4v) is 5.40. The molecule has 1 aromatic rings. The van der Waals surface area contributed by atoms with Gasteiger partial charge in [0.2, 0.25) is 5.91 Å². The van der Waals surface area contributed by atoms with Gasteiger partial charge in [-0.2, -0.15) is 0 Å². The topological polar surface area (TPSA) is 49.3 Å². The second-order valence-electron chi connectivity index (χ2n) is 7.43. The van der Waals surface area contributed by atoms with Gasteiger partial charge in [0.1, 0.15) is 0 Å². The van der Waals surface area contributed by atoms with Crippen LogP contribution in [0.25, 0.3) is 0 Å². The first-order chi connectivity index (χ1) is 9.96. The van der Waals surface area contributed by atoms with Gasteiger partial charge in [-0.05, 0) is 74.6 Å². The Hall–Kier alpha value is -1.06. The van der Waals surface area contributed by atoms with Crippen molar-refractivity contribution in [3.63, 3.8) is 0 Å². The third kappa shape index (κ3) is 2.27. The van der Waals surface area contributed by atoms with Crippen molar-refractivity contribution in [2.75, 3.05) is 5.32 Å². The molecule has 0 aliphatic heterocycles. The smallest absolute Gasteiger partial charge is 0.230 e. The van der Waals surface area contributed by atoms with E-state index in [1.807, 2.05) is 12.1 Å². The molecule has 2 N–H and O–H groups in total. The fraction of sp³-hybridized carbons (Fsp3) is 0.588. The van der Waals surface area contributed by atoms with Crippen molar-refractivity contribution in [1.82, 2.24) is 0 Å². The van der Waals surface area contributed by atoms with Gasteiger partial charge >= 0.3 is 0 Å². The van der Waals surface area contributed by atoms with Crippen molar-refractivity contribution in [3.05, 3.63) is 29.3 Å². The van der Waals surface area contributed by atoms with Crippen LogP contribution in [-0.4, -0.2) is 16.6 Å². The van der Waals surface area contributed by atoms with Gasteiger partial charge in [-0.1, -0.05) is 11.6 Å². The molecule has 0 spiro atoms. The Labute approximate surface area is 129 Å². The Morgan fingerprint density at radius 1 is 1.14 bits per heavy atom. The molecular formula is C17H20ClNO2. The van der Waals surface area contributed by atoms with E-state index in [0.717, 1.165) is 31.4 Å². The van der Waals surface area contributed by atoms with Gasteiger partial charge < -0.3 is 10.4 Å². The number of nitrogens with one attached hydrogen (secondary N) is 1. The van der Waals surface area contributed by atoms with Crippen LogP contribution in [0, 0.1) is 17.3 Å². The fourth-order valence-electron chi connectivity index (χ4n) is 5.28. The van der Waals surface area contributed by atoms with Gasteiger partial charge in [0.25, 0.3) is 0 Å². The van der Waals surface area contributed by atoms with Gasteiger partial charge in [-0.25, -0.2) is 0 Å². The predicted molar refractivity (Wildman–Crippen MR) is 82.1 cm³/mol. The molecule has 5 rings (SSSR count). The Morgan fingerprint density at radius 3 is 2.33 bits per heavy atom. The minimum atomic E-state index is -0.596. The van der Waals surface area contributed by atoms with Crippen molar-refractivity contribution in [1.29, 1.82) is 0 Å². The molecule has 4 fully saturated rings. The average molecular weight is 306 g/mol. The first-order valence-corrected chi connectivity index (χ1v) is 8.14. The first-order valence-electron chi connectivity index (χ1n) is 7.76. The number of anilines is 1. The van der Waals surface area contributed by atoms with Gasteiger partial charge in [0.15, 0.2) is 0 Å². The number of carbonyl (C=O) groups excluding carboxylic acids is 1. The average Bonchev–Trinajstić information content (AvgIpc) is 2.38. The van der Waals surface area contributed by atoms with Crippen LogP contribution in [0.3, 0.4) is 0 Å². The standard InChI is InChI=1S/C17H20ClNO2/c18-13-1-3-14(4-2-13)19-15(20)16-6-11-5-12(7-16)9-17(21,8-11)10-16/h1-4,11-12,21H,5-10H2,(H,19,20)/t11-,12+,16?,17?. The molecule has 4 bridgehead atoms. The van der Waals surface area contributed by atoms with Gasteiger partial charge in [-0.15, -0.1) is 0 Å². The summed E-state index contributed by atoms with van der Waals surface area (Å²) in [7, 11) is 0. The molecule has 21 heavy (non-hydrogen) atoms. The number of aliphatic hydroxyl groups is 1. The number of hydrogen-bond acceptors (Lipinski definition) is 2. The number of hydrogen-bond donors (Lipinski definition) is 2. The van der Waals surface area contributed by atoms with Crippen molar-refractivity contribution in [3.8, 4) is 0 Å². The molecule has 0 heterocycles. The van der Waals surface area contributed by atoms with E-state index in [1.54, 1.807) is 12.1 Å². The van der Waals surface area contributed by atoms with E-state index in [4.69, 9.17) is 11.6 Å². The third-order valence-electron chi connectivity index (χ3n) is 5.61. The molecule has 0 saturated heterocycles. The summed E-state index contributed by atoms with van der Waals surface area (Å²) in [6.07, 6.45) is 5.47. The molecule has 112 valence electrons. The number of benzene rings is 1. The zero-order valence-electron chi connectivity index (χ0n) is 11.9. The van der Waals surface area contributed by atoms with Crippen LogP contribution in [0.15, 0.2) is 24.3 Å². The molecule has 4 heteroatoms. The number of halogens is 1. The Morgan fingerprint density at radius 2 is 1.76 bits per heavy atom. The van der Waals surface area contributed by atoms with Crippen molar-refractivity contribution >= 4 is 23.2 Å². The highest BCUT2D eigenvalue weighted by atomic mass is 35.5. The summed E-state index contributed by atoms with van der Waals surface area (Å²) in [5, 5.41) is 14.4. The molecular weight excluding hydrogens is 286 g/mol. The normalized spacial score (nSPS) is 40.3. The lowest BCUT2D eigenvalue weighted by Crippen LogP contribution is -2.59. The lowest BCUT2D eigenvalue weighted by atomic mass is 9.47. The lowest BCUT2D eigenvalue weighted by molar-refractivity contribution is -0.174. The Bertz CT molecular complexity index is 569. The molecule has 4 aliphatic carbocycles. The van der Waals surface area contributed by atoms with Crippen LogP contribution in [0.2, 0.25) is 5.02 Å². The van der Waals surface area contributed by atoms with Crippen molar-refractivity contribution in [2.24, 2.45) is 17.3 Å². The zero-order chi connectivity index (χ0) is 14.7. The third-order valence-corrected chi connectivity index (χ3v) is 5.87. The van der Waals surface area contributed by atoms with E-state index in [2.05, 4.69) is 5.32 Å². The van der Waals surface area contributed by atoms with E-state index < -0.39 is 5.60 Å². The molecule has 3 nitrogen and oxygen atoms in total. The maximum absolute atomic E-state index is 12.8. The van der Waals surface area contributed by atoms with Gasteiger partial charge in [-0.3, -0.25) is 4.79 Å². The highest BCUT2D eigenvalue weighted by molar-refractivity contribution is 6.30. The van der Waals surface area contributed by atoms with E-state index >= 15 is 0 Å². The number of rotatable bonds is 2. The van der Waals surface area contributed by atoms with Crippen LogP contribution in [0.5, 0.6) is 0 Å². The van der Waals surface area contributed by atoms with E-state index in [0.29, 0.717) is 23.3 Å². The summed E-state index contributed by atoms with van der Waals surface area (Å²) in [5.74, 6) is 1.12. The summed E-state index contributed by atoms with van der Waals surface area (Å²) in [4.78, 5) is 12.8. The highest BCUT2D eigenvalue weighted by Crippen LogP contribution is 2.61. The van der Waals surface area contributed by atoms with Crippen LogP contribution < -0.4 is 5.32 Å². The van der Waals surface area contributed by atoms with Crippen molar-refractivity contribution < 1.29 is 9.90 Å². The Balaban J connectivity index is 1.57. The molecule has 0 radical (unpaired) electrons. The Kier molecular flexibility index (Phi) is 2.89. The van der Waals surface area contributed by atoms with Crippen LogP contribution in [0.1, 0.15) is 38.5 Å². The van der Waals surface area contributed by atoms with Crippen LogP contribution in [0.4, 0.5) is 5.69 Å². The zero-order valence-corrected chi connectivity index (χ0v) is 12.7. The summed E-state index contributed by atoms with van der Waals surface area (Å²) in [6, 6.07) is 7.22. The lowest BCUT2D eigenvalue weighted by Gasteiger charge is -2.59. The summed E-state index contributed by atoms with van der Waals surface area (Å²) < 4.78 is 0. The molecule has 1 aromatic carbocycles. The quantitative estimate of drug-likeness (QED) is 0.877. The minimum absolute atomic E-state index is 0.0809. The number of amides is 1. The number of carbonyl (C=O) groups is 1. The summed E-state index contributed by atoms with van der Waals surface area (Å²) in [5.41, 5.74) is -0.174. The SMILES string of the molecule is O=C(Nc1ccc(Cl)cc1)C12C[C@@H]3C[C@@H](CC(O)(C3)C1)C2. The van der Waals surface area contributed by atoms with Crippen LogP contribution in [-0.2, 0) is 4.79 Å². The molecule has 4 saturated carbocycles. The van der Waals surface area contributed by atoms with E-state index in [-0.39, 0.29) is 11.3 Å². The van der Waals surface area contributed by atoms with E-state index in [9.17, 15) is 9.90 Å². The van der Waals surface area contributed by atoms with E-state index in [1.165, 1.54) is 6.42 Å². The molecule has 4 atom stereocenters. The molecule has 0 aromatic heterocycles. The minimum Gasteiger partial charge on any atom is -0.390 e. The largest absolute Gasteiger partial charge is 0.390 e. The maximum Gasteiger partial charge on any atom is 0.230 e. The summed E-state index contributed by atoms with van der Waals surface area (Å²) >= 11 is 5.88. The molecule has 1 amide bonds. The molecule has 2 unspecified atom stereocenters. The van der Waals surface area contributed by atoms with Gasteiger partial charge in [0, 0.05) is 10.7 Å². The highest BCUT2D eigenvalue weighted by Gasteiger charge is 2.60. The summed E-state index contributed by atoms with van der Waals surface area (Å²) in [6.45, 7) is 0. The van der Waals surface area contributed by atoms with Crippen molar-refractivity contribution in [2.45, 2.75) is 44.1 Å².